The molecule has 1 heterocycles. The number of hydrogen-bond acceptors (Lipinski definition) is 4. The molecule has 9 heteroatoms. The van der Waals surface area contributed by atoms with Crippen molar-refractivity contribution in [1.82, 2.24) is 19.7 Å². The Morgan fingerprint density at radius 1 is 1.13 bits per heavy atom. The zero-order valence-corrected chi connectivity index (χ0v) is 18.5. The van der Waals surface area contributed by atoms with E-state index in [0.29, 0.717) is 26.9 Å². The van der Waals surface area contributed by atoms with Crippen molar-refractivity contribution in [1.29, 1.82) is 0 Å². The van der Waals surface area contributed by atoms with Crippen LogP contribution in [0.4, 0.5) is 5.69 Å². The van der Waals surface area contributed by atoms with Crippen molar-refractivity contribution in [3.05, 3.63) is 74.8 Å². The molecule has 0 bridgehead atoms. The summed E-state index contributed by atoms with van der Waals surface area (Å²) in [5.74, 6) is 0.0790. The third-order valence-corrected chi connectivity index (χ3v) is 5.57. The van der Waals surface area contributed by atoms with Crippen LogP contribution in [-0.2, 0) is 24.9 Å². The molecule has 1 aromatic heterocycles. The minimum absolute atomic E-state index is 0.0517. The summed E-state index contributed by atoms with van der Waals surface area (Å²) >= 11 is 11.5. The molecule has 3 rings (SSSR count). The molecule has 30 heavy (non-hydrogen) atoms. The molecule has 0 saturated carbocycles. The Balaban J connectivity index is 1.66. The third kappa shape index (κ3) is 4.95. The van der Waals surface area contributed by atoms with Gasteiger partial charge in [-0.3, -0.25) is 9.59 Å². The van der Waals surface area contributed by atoms with Crippen LogP contribution >= 0.6 is 23.8 Å². The van der Waals surface area contributed by atoms with Crippen LogP contribution in [0.5, 0.6) is 0 Å². The number of anilines is 1. The van der Waals surface area contributed by atoms with Gasteiger partial charge in [-0.25, -0.2) is 4.68 Å². The summed E-state index contributed by atoms with van der Waals surface area (Å²) in [4.78, 5) is 24.8. The van der Waals surface area contributed by atoms with Crippen LogP contribution < -0.4 is 10.6 Å². The SMILES string of the molecule is Cc1ccc(NC(=O)Cn2nc(CNC(=O)c3ccccc3C)n(C)c2=S)cc1Cl. The first-order valence-electron chi connectivity index (χ1n) is 9.29. The Hall–Kier alpha value is -2.97. The molecule has 2 aromatic carbocycles. The largest absolute Gasteiger partial charge is 0.345 e. The second-order valence-corrected chi connectivity index (χ2v) is 7.70. The number of rotatable bonds is 6. The van der Waals surface area contributed by atoms with E-state index in [1.54, 1.807) is 29.8 Å². The van der Waals surface area contributed by atoms with Gasteiger partial charge in [0.2, 0.25) is 5.91 Å². The number of benzene rings is 2. The Morgan fingerprint density at radius 2 is 1.87 bits per heavy atom. The number of aryl methyl sites for hydroxylation is 2. The first-order valence-corrected chi connectivity index (χ1v) is 10.1. The van der Waals surface area contributed by atoms with E-state index in [1.807, 2.05) is 38.1 Å². The molecule has 0 fully saturated rings. The Labute approximate surface area is 184 Å². The Kier molecular flexibility index (Phi) is 6.69. The van der Waals surface area contributed by atoms with Gasteiger partial charge in [0.1, 0.15) is 6.54 Å². The highest BCUT2D eigenvalue weighted by atomic mass is 35.5. The molecule has 7 nitrogen and oxygen atoms in total. The predicted molar refractivity (Wildman–Crippen MR) is 119 cm³/mol. The molecule has 2 amide bonds. The topological polar surface area (TPSA) is 81.0 Å². The summed E-state index contributed by atoms with van der Waals surface area (Å²) < 4.78 is 3.48. The summed E-state index contributed by atoms with van der Waals surface area (Å²) in [6.07, 6.45) is 0. The number of amides is 2. The molecule has 0 aliphatic heterocycles. The van der Waals surface area contributed by atoms with Crippen LogP contribution in [0.15, 0.2) is 42.5 Å². The molecule has 0 radical (unpaired) electrons. The van der Waals surface area contributed by atoms with Gasteiger partial charge in [-0.2, -0.15) is 5.10 Å². The first kappa shape index (κ1) is 21.7. The lowest BCUT2D eigenvalue weighted by atomic mass is 10.1. The Bertz CT molecular complexity index is 1170. The molecule has 0 aliphatic rings. The average Bonchev–Trinajstić information content (AvgIpc) is 2.97. The summed E-state index contributed by atoms with van der Waals surface area (Å²) in [7, 11) is 1.75. The van der Waals surface area contributed by atoms with E-state index in [9.17, 15) is 9.59 Å². The normalized spacial score (nSPS) is 10.7. The lowest BCUT2D eigenvalue weighted by molar-refractivity contribution is -0.116. The highest BCUT2D eigenvalue weighted by Crippen LogP contribution is 2.20. The zero-order valence-electron chi connectivity index (χ0n) is 16.9. The number of aromatic nitrogens is 3. The van der Waals surface area contributed by atoms with Gasteiger partial charge in [0.05, 0.1) is 6.54 Å². The highest BCUT2D eigenvalue weighted by Gasteiger charge is 2.14. The van der Waals surface area contributed by atoms with Crippen molar-refractivity contribution in [2.75, 3.05) is 5.32 Å². The minimum Gasteiger partial charge on any atom is -0.345 e. The molecular weight excluding hydrogens is 422 g/mol. The lowest BCUT2D eigenvalue weighted by Crippen LogP contribution is -2.25. The van der Waals surface area contributed by atoms with E-state index in [1.165, 1.54) is 4.68 Å². The Morgan fingerprint density at radius 3 is 2.57 bits per heavy atom. The van der Waals surface area contributed by atoms with E-state index in [-0.39, 0.29) is 24.9 Å². The monoisotopic (exact) mass is 443 g/mol. The summed E-state index contributed by atoms with van der Waals surface area (Å²) in [5.41, 5.74) is 3.03. The zero-order chi connectivity index (χ0) is 21.8. The molecule has 0 aliphatic carbocycles. The van der Waals surface area contributed by atoms with Gasteiger partial charge >= 0.3 is 0 Å². The lowest BCUT2D eigenvalue weighted by Gasteiger charge is -2.07. The van der Waals surface area contributed by atoms with Gasteiger partial charge in [0, 0.05) is 23.3 Å². The van der Waals surface area contributed by atoms with E-state index in [0.717, 1.165) is 11.1 Å². The van der Waals surface area contributed by atoms with Gasteiger partial charge < -0.3 is 15.2 Å². The fourth-order valence-electron chi connectivity index (χ4n) is 2.88. The minimum atomic E-state index is -0.278. The number of nitrogens with zero attached hydrogens (tertiary/aromatic N) is 3. The van der Waals surface area contributed by atoms with Crippen molar-refractivity contribution in [3.8, 4) is 0 Å². The third-order valence-electron chi connectivity index (χ3n) is 4.68. The molecular formula is C21H22ClN5O2S. The van der Waals surface area contributed by atoms with Crippen molar-refractivity contribution in [2.24, 2.45) is 7.05 Å². The first-order chi connectivity index (χ1) is 14.3. The standard InChI is InChI=1S/C21H22ClN5O2S/c1-13-6-4-5-7-16(13)20(29)23-11-18-25-27(21(30)26(18)3)12-19(28)24-15-9-8-14(2)17(22)10-15/h4-10H,11-12H2,1-3H3,(H,23,29)(H,24,28). The average molecular weight is 444 g/mol. The van der Waals surface area contributed by atoms with Gasteiger partial charge in [0.15, 0.2) is 10.6 Å². The van der Waals surface area contributed by atoms with Crippen LogP contribution in [0.3, 0.4) is 0 Å². The number of nitrogens with one attached hydrogen (secondary N) is 2. The maximum atomic E-state index is 12.4. The summed E-state index contributed by atoms with van der Waals surface area (Å²) in [6, 6.07) is 12.7. The molecule has 2 N–H and O–H groups in total. The molecule has 0 spiro atoms. The van der Waals surface area contributed by atoms with Gasteiger partial charge in [-0.15, -0.1) is 0 Å². The van der Waals surface area contributed by atoms with E-state index >= 15 is 0 Å². The van der Waals surface area contributed by atoms with Crippen LogP contribution in [0, 0.1) is 18.6 Å². The van der Waals surface area contributed by atoms with Crippen LogP contribution in [0.25, 0.3) is 0 Å². The molecule has 156 valence electrons. The molecule has 0 saturated heterocycles. The second-order valence-electron chi connectivity index (χ2n) is 6.93. The van der Waals surface area contributed by atoms with Crippen LogP contribution in [0.2, 0.25) is 5.02 Å². The molecule has 3 aromatic rings. The van der Waals surface area contributed by atoms with Crippen LogP contribution in [-0.4, -0.2) is 26.2 Å². The van der Waals surface area contributed by atoms with Crippen molar-refractivity contribution in [3.63, 3.8) is 0 Å². The quantitative estimate of drug-likeness (QED) is 0.568. The number of carbonyl (C=O) groups excluding carboxylic acids is 2. The second kappa shape index (κ2) is 9.23. The van der Waals surface area contributed by atoms with E-state index in [4.69, 9.17) is 23.8 Å². The molecule has 0 unspecified atom stereocenters. The van der Waals surface area contributed by atoms with Crippen molar-refractivity contribution in [2.45, 2.75) is 26.9 Å². The smallest absolute Gasteiger partial charge is 0.251 e. The van der Waals surface area contributed by atoms with E-state index in [2.05, 4.69) is 15.7 Å². The fourth-order valence-corrected chi connectivity index (χ4v) is 3.27. The summed E-state index contributed by atoms with van der Waals surface area (Å²) in [6.45, 7) is 3.91. The number of hydrogen-bond donors (Lipinski definition) is 2. The fraction of sp³-hybridized carbons (Fsp3) is 0.238. The molecule has 0 atom stereocenters. The van der Waals surface area contributed by atoms with E-state index < -0.39 is 0 Å². The number of halogens is 1. The van der Waals surface area contributed by atoms with Gasteiger partial charge in [0.25, 0.3) is 5.91 Å². The maximum Gasteiger partial charge on any atom is 0.251 e. The maximum absolute atomic E-state index is 12.4. The van der Waals surface area contributed by atoms with Gasteiger partial charge in [-0.1, -0.05) is 35.9 Å². The number of carbonyl (C=O) groups is 2. The van der Waals surface area contributed by atoms with Crippen molar-refractivity contribution >= 4 is 41.3 Å². The summed E-state index contributed by atoms with van der Waals surface area (Å²) in [5, 5.41) is 10.6. The highest BCUT2D eigenvalue weighted by molar-refractivity contribution is 7.71. The van der Waals surface area contributed by atoms with Gasteiger partial charge in [-0.05, 0) is 55.4 Å². The van der Waals surface area contributed by atoms with Crippen LogP contribution in [0.1, 0.15) is 27.3 Å². The predicted octanol–water partition coefficient (Wildman–Crippen LogP) is 3.79. The van der Waals surface area contributed by atoms with Crippen molar-refractivity contribution < 1.29 is 9.59 Å².